The van der Waals surface area contributed by atoms with Crippen LogP contribution < -0.4 is 9.64 Å². The van der Waals surface area contributed by atoms with Crippen LogP contribution in [0.1, 0.15) is 66.0 Å². The molecule has 0 amide bonds. The smallest absolute Gasteiger partial charge is 0.342 e. The number of hydrogen-bond donors (Lipinski definition) is 3. The number of ether oxygens (including phenoxy) is 3. The molecule has 11 nitrogen and oxygen atoms in total. The number of aromatic amines is 1. The lowest BCUT2D eigenvalue weighted by molar-refractivity contribution is -0.218. The second-order valence-electron chi connectivity index (χ2n) is 16.5. The number of nitrogens with zero attached hydrogens (tertiary/aromatic N) is 3. The molecule has 2 fully saturated rings. The number of anilines is 1. The molecule has 9 rings (SSSR count). The highest BCUT2D eigenvalue weighted by Crippen LogP contribution is 2.67. The Bertz CT molecular complexity index is 2240. The Kier molecular flexibility index (Phi) is 7.24. The summed E-state index contributed by atoms with van der Waals surface area (Å²) in [4.78, 5) is 39.6. The van der Waals surface area contributed by atoms with E-state index in [-0.39, 0.29) is 18.4 Å². The number of hydrogen-bond acceptors (Lipinski definition) is 10. The summed E-state index contributed by atoms with van der Waals surface area (Å²) < 4.78 is 41.9. The minimum absolute atomic E-state index is 0.156. The molecule has 286 valence electrons. The summed E-state index contributed by atoms with van der Waals surface area (Å²) in [5.74, 6) is -1.66. The van der Waals surface area contributed by atoms with E-state index in [2.05, 4.69) is 27.8 Å². The number of benzene rings is 2. The van der Waals surface area contributed by atoms with Crippen molar-refractivity contribution in [1.82, 2.24) is 14.8 Å². The largest absolute Gasteiger partial charge is 0.496 e. The van der Waals surface area contributed by atoms with Crippen LogP contribution in [0, 0.1) is 11.3 Å². The molecule has 3 aromatic rings. The Labute approximate surface area is 320 Å². The van der Waals surface area contributed by atoms with E-state index < -0.39 is 53.0 Å². The Hall–Kier alpha value is -4.16. The number of carbonyl (C=O) groups is 2. The van der Waals surface area contributed by atoms with E-state index in [9.17, 15) is 15.0 Å². The van der Waals surface area contributed by atoms with Crippen LogP contribution in [0.2, 0.25) is 0 Å². The number of aromatic nitrogens is 1. The Balaban J connectivity index is 1.38. The van der Waals surface area contributed by atoms with Gasteiger partial charge in [0.05, 0.1) is 31.4 Å². The summed E-state index contributed by atoms with van der Waals surface area (Å²) in [6, 6.07) is 10.4. The minimum atomic E-state index is -3.05. The van der Waals surface area contributed by atoms with E-state index in [0.717, 1.165) is 35.0 Å². The highest BCUT2D eigenvalue weighted by atomic mass is 16.5. The van der Waals surface area contributed by atoms with E-state index in [4.69, 9.17) is 18.3 Å². The van der Waals surface area contributed by atoms with Crippen molar-refractivity contribution in [3.05, 3.63) is 82.6 Å². The van der Waals surface area contributed by atoms with Crippen molar-refractivity contribution in [1.29, 1.82) is 0 Å². The predicted molar refractivity (Wildman–Crippen MR) is 205 cm³/mol. The Morgan fingerprint density at radius 3 is 2.63 bits per heavy atom. The molecule has 2 bridgehead atoms. The quantitative estimate of drug-likeness (QED) is 0.251. The maximum Gasteiger partial charge on any atom is 0.342 e. The number of nitrogens with one attached hydrogen (secondary N) is 1. The van der Waals surface area contributed by atoms with Crippen LogP contribution in [0.25, 0.3) is 10.9 Å². The molecule has 1 aliphatic carbocycles. The summed E-state index contributed by atoms with van der Waals surface area (Å²) >= 11 is 0. The lowest BCUT2D eigenvalue weighted by Crippen LogP contribution is -2.80. The number of likely N-dealkylation sites (N-methyl/N-ethyl adjacent to an activating group) is 1. The molecule has 1 saturated carbocycles. The van der Waals surface area contributed by atoms with Gasteiger partial charge in [-0.15, -0.1) is 0 Å². The van der Waals surface area contributed by atoms with Gasteiger partial charge in [-0.3, -0.25) is 14.6 Å². The standard InChI is InChI=1S/C43H52N4O7/c1-7-25-18-26-21-42(38(49)53-5,34-28(24-46(22-25)23-26)27-12-9-10-13-31(27)44-34)30-19-29-32(20-33(30)52-4)45(3)36-41(29)15-17-47-16-11-14-40(8-2,35(41)47)37(48)43(36,51)39(50)54-6/h9-14,18-20,26,35-37,44,48,51H,7-8,15-17,21-24H2,1-6H3/t26-,35-,36+,37+,40+,41+,42-,43-/m0/s1/i5D3. The molecule has 1 spiro atoms. The maximum atomic E-state index is 15.4. The van der Waals surface area contributed by atoms with Gasteiger partial charge in [0, 0.05) is 84.0 Å². The van der Waals surface area contributed by atoms with Crippen molar-refractivity contribution in [2.45, 2.75) is 80.7 Å². The van der Waals surface area contributed by atoms with E-state index >= 15 is 4.79 Å². The molecule has 3 N–H and O–H groups in total. The van der Waals surface area contributed by atoms with Gasteiger partial charge in [0.15, 0.2) is 0 Å². The third-order valence-corrected chi connectivity index (χ3v) is 14.4. The number of H-pyrrole nitrogens is 1. The second-order valence-corrected chi connectivity index (χ2v) is 16.5. The summed E-state index contributed by atoms with van der Waals surface area (Å²) in [5, 5.41) is 26.2. The van der Waals surface area contributed by atoms with Crippen molar-refractivity contribution in [2.75, 3.05) is 59.4 Å². The topological polar surface area (TPSA) is 128 Å². The molecule has 9 atom stereocenters. The van der Waals surface area contributed by atoms with Crippen LogP contribution >= 0.6 is 0 Å². The number of carbonyl (C=O) groups excluding carboxylic acids is 2. The first-order chi connectivity index (χ1) is 27.1. The highest BCUT2D eigenvalue weighted by Gasteiger charge is 2.79. The van der Waals surface area contributed by atoms with Crippen LogP contribution in [0.15, 0.2) is 60.2 Å². The van der Waals surface area contributed by atoms with Gasteiger partial charge in [-0.25, -0.2) is 4.79 Å². The molecule has 6 aliphatic rings. The molecule has 11 heteroatoms. The molecule has 0 radical (unpaired) electrons. The predicted octanol–water partition coefficient (Wildman–Crippen LogP) is 4.18. The number of fused-ring (bicyclic) bond motifs is 6. The normalized spacial score (nSPS) is 37.4. The summed E-state index contributed by atoms with van der Waals surface area (Å²) in [6.45, 7) is 7.31. The van der Waals surface area contributed by atoms with Gasteiger partial charge in [0.1, 0.15) is 17.3 Å². The first-order valence-electron chi connectivity index (χ1n) is 20.8. The molecular formula is C43H52N4O7. The fourth-order valence-corrected chi connectivity index (χ4v) is 12.4. The zero-order valence-corrected chi connectivity index (χ0v) is 31.6. The van der Waals surface area contributed by atoms with Crippen LogP contribution in [0.5, 0.6) is 5.75 Å². The fraction of sp³-hybridized carbons (Fsp3) is 0.535. The van der Waals surface area contributed by atoms with Crippen LogP contribution in [0.3, 0.4) is 0 Å². The lowest BCUT2D eigenvalue weighted by atomic mass is 9.47. The zero-order valence-electron chi connectivity index (χ0n) is 34.6. The maximum absolute atomic E-state index is 15.4. The molecule has 54 heavy (non-hydrogen) atoms. The summed E-state index contributed by atoms with van der Waals surface area (Å²) in [7, 11) is 1.52. The van der Waals surface area contributed by atoms with Crippen molar-refractivity contribution in [2.24, 2.45) is 11.3 Å². The number of methoxy groups -OCH3 is 3. The molecule has 1 saturated heterocycles. The van der Waals surface area contributed by atoms with E-state index in [1.807, 2.05) is 67.4 Å². The molecule has 5 aliphatic heterocycles. The first kappa shape index (κ1) is 32.1. The van der Waals surface area contributed by atoms with Crippen molar-refractivity contribution in [3.8, 4) is 5.75 Å². The monoisotopic (exact) mass is 739 g/mol. The van der Waals surface area contributed by atoms with Gasteiger partial charge in [0.2, 0.25) is 5.60 Å². The molecule has 1 unspecified atom stereocenters. The number of aliphatic hydroxyl groups is 2. The lowest BCUT2D eigenvalue weighted by Gasteiger charge is -2.63. The Morgan fingerprint density at radius 2 is 1.89 bits per heavy atom. The van der Waals surface area contributed by atoms with Crippen molar-refractivity contribution < 1.29 is 38.1 Å². The van der Waals surface area contributed by atoms with Crippen molar-refractivity contribution in [3.63, 3.8) is 0 Å². The van der Waals surface area contributed by atoms with E-state index in [0.29, 0.717) is 61.7 Å². The number of para-hydroxylation sites is 1. The van der Waals surface area contributed by atoms with Gasteiger partial charge in [-0.05, 0) is 61.4 Å². The number of aliphatic hydroxyl groups excluding tert-OH is 1. The van der Waals surface area contributed by atoms with Crippen LogP contribution in [0.4, 0.5) is 5.69 Å². The number of rotatable bonds is 6. The fourth-order valence-electron chi connectivity index (χ4n) is 12.4. The Morgan fingerprint density at radius 1 is 1.07 bits per heavy atom. The third kappa shape index (κ3) is 4.21. The van der Waals surface area contributed by atoms with Crippen LogP contribution in [-0.2, 0) is 36.4 Å². The van der Waals surface area contributed by atoms with Gasteiger partial charge < -0.3 is 34.3 Å². The summed E-state index contributed by atoms with van der Waals surface area (Å²) in [5.41, 5.74) is -0.645. The molecule has 1 aromatic heterocycles. The third-order valence-electron chi connectivity index (χ3n) is 14.4. The number of esters is 2. The van der Waals surface area contributed by atoms with Crippen molar-refractivity contribution >= 4 is 28.5 Å². The minimum Gasteiger partial charge on any atom is -0.496 e. The van der Waals surface area contributed by atoms with Gasteiger partial charge in [-0.2, -0.15) is 0 Å². The second kappa shape index (κ2) is 12.2. The molecular weight excluding hydrogens is 684 g/mol. The van der Waals surface area contributed by atoms with Gasteiger partial charge in [-0.1, -0.05) is 55.8 Å². The average molecular weight is 740 g/mol. The molecule has 2 aromatic carbocycles. The average Bonchev–Trinajstić information content (AvgIpc) is 3.84. The molecule has 6 heterocycles. The van der Waals surface area contributed by atoms with Gasteiger partial charge >= 0.3 is 11.9 Å². The van der Waals surface area contributed by atoms with E-state index in [1.54, 1.807) is 0 Å². The SMILES string of the molecule is [2H]C([2H])([2H])OC(=O)[C@]1(c2cc3c(cc2OC)N(C)[C@H]2[C@@](O)(C(=O)OC)[C@H](O)[C@]4(CC)C=CCN5CC[C@]32[C@@H]54)C[C@@H]2C=C(CC)CN(Cc3c1[nH]c1ccccc31)C2. The summed E-state index contributed by atoms with van der Waals surface area (Å²) in [6.07, 6.45) is 6.70. The first-order valence-corrected chi connectivity index (χ1v) is 19.3. The highest BCUT2D eigenvalue weighted by molar-refractivity contribution is 5.95. The zero-order chi connectivity index (χ0) is 40.4. The van der Waals surface area contributed by atoms with Crippen LogP contribution in [-0.4, -0.2) is 115 Å². The van der Waals surface area contributed by atoms with Gasteiger partial charge in [0.25, 0.3) is 0 Å². The van der Waals surface area contributed by atoms with E-state index in [1.165, 1.54) is 19.8 Å².